The van der Waals surface area contributed by atoms with Crippen LogP contribution in [0.1, 0.15) is 39.5 Å². The van der Waals surface area contributed by atoms with Crippen molar-refractivity contribution >= 4 is 11.6 Å². The quantitative estimate of drug-likeness (QED) is 0.555. The van der Waals surface area contributed by atoms with Crippen molar-refractivity contribution in [2.24, 2.45) is 11.3 Å². The normalized spacial score (nSPS) is 25.5. The molecule has 0 aromatic carbocycles. The fourth-order valence-corrected chi connectivity index (χ4v) is 2.00. The van der Waals surface area contributed by atoms with Crippen molar-refractivity contribution in [3.8, 4) is 0 Å². The zero-order valence-corrected chi connectivity index (χ0v) is 7.75. The Morgan fingerprint density at radius 1 is 1.50 bits per heavy atom. The molecule has 0 saturated heterocycles. The maximum Gasteiger partial charge on any atom is 0.0279 e. The summed E-state index contributed by atoms with van der Waals surface area (Å²) in [6, 6.07) is 0. The first-order valence-corrected chi connectivity index (χ1v) is 4.82. The van der Waals surface area contributed by atoms with E-state index in [1.807, 2.05) is 0 Å². The standard InChI is InChI=1S/C9H17Cl/c1-3-9(2,7-10)8-5-4-6-8/h8H,3-7H2,1-2H3. The Kier molecular flexibility index (Phi) is 2.62. The van der Waals surface area contributed by atoms with Gasteiger partial charge in [0.2, 0.25) is 0 Å². The minimum atomic E-state index is 0.444. The third-order valence-corrected chi connectivity index (χ3v) is 3.81. The summed E-state index contributed by atoms with van der Waals surface area (Å²) in [6.07, 6.45) is 5.49. The minimum Gasteiger partial charge on any atom is -0.126 e. The summed E-state index contributed by atoms with van der Waals surface area (Å²) >= 11 is 5.92. The molecule has 0 radical (unpaired) electrons. The van der Waals surface area contributed by atoms with Gasteiger partial charge in [-0.2, -0.15) is 0 Å². The van der Waals surface area contributed by atoms with Gasteiger partial charge in [0.15, 0.2) is 0 Å². The van der Waals surface area contributed by atoms with Crippen molar-refractivity contribution < 1.29 is 0 Å². The van der Waals surface area contributed by atoms with Gasteiger partial charge < -0.3 is 0 Å². The molecule has 1 saturated carbocycles. The van der Waals surface area contributed by atoms with Crippen molar-refractivity contribution in [1.82, 2.24) is 0 Å². The van der Waals surface area contributed by atoms with E-state index in [4.69, 9.17) is 11.6 Å². The van der Waals surface area contributed by atoms with Crippen LogP contribution in [0.3, 0.4) is 0 Å². The Bertz CT molecular complexity index is 101. The highest BCUT2D eigenvalue weighted by Gasteiger charge is 2.35. The van der Waals surface area contributed by atoms with E-state index in [9.17, 15) is 0 Å². The number of hydrogen-bond acceptors (Lipinski definition) is 0. The monoisotopic (exact) mass is 160 g/mol. The molecule has 0 aliphatic heterocycles. The molecule has 1 atom stereocenters. The first-order chi connectivity index (χ1) is 4.73. The summed E-state index contributed by atoms with van der Waals surface area (Å²) in [7, 11) is 0. The average molecular weight is 161 g/mol. The van der Waals surface area contributed by atoms with Crippen LogP contribution in [0.2, 0.25) is 0 Å². The molecule has 0 aromatic rings. The van der Waals surface area contributed by atoms with Crippen LogP contribution >= 0.6 is 11.6 Å². The largest absolute Gasteiger partial charge is 0.126 e. The molecule has 0 heterocycles. The van der Waals surface area contributed by atoms with Crippen LogP contribution < -0.4 is 0 Å². The van der Waals surface area contributed by atoms with Crippen LogP contribution in [0.4, 0.5) is 0 Å². The first kappa shape index (κ1) is 8.39. The SMILES string of the molecule is CCC(C)(CCl)C1CCC1. The van der Waals surface area contributed by atoms with Gasteiger partial charge in [0.05, 0.1) is 0 Å². The van der Waals surface area contributed by atoms with Crippen molar-refractivity contribution in [2.75, 3.05) is 5.88 Å². The Balaban J connectivity index is 2.44. The van der Waals surface area contributed by atoms with Gasteiger partial charge in [-0.3, -0.25) is 0 Å². The van der Waals surface area contributed by atoms with E-state index in [1.54, 1.807) is 0 Å². The Hall–Kier alpha value is 0.290. The third kappa shape index (κ3) is 1.32. The zero-order valence-electron chi connectivity index (χ0n) is 6.99. The zero-order chi connectivity index (χ0) is 7.61. The third-order valence-electron chi connectivity index (χ3n) is 3.20. The summed E-state index contributed by atoms with van der Waals surface area (Å²) in [6.45, 7) is 4.57. The van der Waals surface area contributed by atoms with Gasteiger partial charge in [-0.05, 0) is 30.6 Å². The summed E-state index contributed by atoms with van der Waals surface area (Å²) < 4.78 is 0. The van der Waals surface area contributed by atoms with Crippen LogP contribution in [-0.2, 0) is 0 Å². The lowest BCUT2D eigenvalue weighted by Gasteiger charge is -2.41. The molecule has 1 heteroatoms. The van der Waals surface area contributed by atoms with Gasteiger partial charge in [-0.15, -0.1) is 11.6 Å². The van der Waals surface area contributed by atoms with E-state index in [0.717, 1.165) is 11.8 Å². The van der Waals surface area contributed by atoms with Crippen LogP contribution in [0.15, 0.2) is 0 Å². The van der Waals surface area contributed by atoms with Crippen LogP contribution in [-0.4, -0.2) is 5.88 Å². The Labute approximate surface area is 69.0 Å². The van der Waals surface area contributed by atoms with Crippen LogP contribution in [0.5, 0.6) is 0 Å². The average Bonchev–Trinajstić information content (AvgIpc) is 1.84. The summed E-state index contributed by atoms with van der Waals surface area (Å²) in [4.78, 5) is 0. The predicted molar refractivity (Wildman–Crippen MR) is 46.5 cm³/mol. The van der Waals surface area contributed by atoms with Crippen molar-refractivity contribution in [3.63, 3.8) is 0 Å². The van der Waals surface area contributed by atoms with E-state index in [2.05, 4.69) is 13.8 Å². The lowest BCUT2D eigenvalue weighted by Crippen LogP contribution is -2.33. The first-order valence-electron chi connectivity index (χ1n) is 4.29. The molecule has 1 aliphatic rings. The van der Waals surface area contributed by atoms with Gasteiger partial charge in [-0.25, -0.2) is 0 Å². The molecule has 1 unspecified atom stereocenters. The van der Waals surface area contributed by atoms with Crippen molar-refractivity contribution in [3.05, 3.63) is 0 Å². The maximum absolute atomic E-state index is 5.92. The van der Waals surface area contributed by atoms with Gasteiger partial charge in [0.1, 0.15) is 0 Å². The molecule has 0 N–H and O–H groups in total. The molecule has 0 nitrogen and oxygen atoms in total. The van der Waals surface area contributed by atoms with E-state index in [1.165, 1.54) is 25.7 Å². The van der Waals surface area contributed by atoms with Crippen LogP contribution in [0.25, 0.3) is 0 Å². The number of alkyl halides is 1. The molecule has 0 amide bonds. The molecule has 1 fully saturated rings. The molecule has 1 rings (SSSR count). The van der Waals surface area contributed by atoms with Gasteiger partial charge in [0.25, 0.3) is 0 Å². The number of rotatable bonds is 3. The highest BCUT2D eigenvalue weighted by Crippen LogP contribution is 2.44. The fourth-order valence-electron chi connectivity index (χ4n) is 1.60. The molecule has 0 aromatic heterocycles. The predicted octanol–water partition coefficient (Wildman–Crippen LogP) is 3.44. The van der Waals surface area contributed by atoms with Gasteiger partial charge >= 0.3 is 0 Å². The van der Waals surface area contributed by atoms with E-state index < -0.39 is 0 Å². The second-order valence-corrected chi connectivity index (χ2v) is 4.04. The van der Waals surface area contributed by atoms with E-state index in [-0.39, 0.29) is 0 Å². The minimum absolute atomic E-state index is 0.444. The molecule has 0 bridgehead atoms. The fraction of sp³-hybridized carbons (Fsp3) is 1.00. The summed E-state index contributed by atoms with van der Waals surface area (Å²) in [5, 5.41) is 0. The van der Waals surface area contributed by atoms with E-state index in [0.29, 0.717) is 5.41 Å². The Morgan fingerprint density at radius 2 is 2.10 bits per heavy atom. The molecule has 10 heavy (non-hydrogen) atoms. The number of hydrogen-bond donors (Lipinski definition) is 0. The highest BCUT2D eigenvalue weighted by molar-refractivity contribution is 6.18. The molecular formula is C9H17Cl. The smallest absolute Gasteiger partial charge is 0.0279 e. The summed E-state index contributed by atoms with van der Waals surface area (Å²) in [5.41, 5.74) is 0.444. The van der Waals surface area contributed by atoms with Crippen molar-refractivity contribution in [2.45, 2.75) is 39.5 Å². The topological polar surface area (TPSA) is 0 Å². The molecule has 1 aliphatic carbocycles. The summed E-state index contributed by atoms with van der Waals surface area (Å²) in [5.74, 6) is 1.77. The Morgan fingerprint density at radius 3 is 2.20 bits per heavy atom. The van der Waals surface area contributed by atoms with E-state index >= 15 is 0 Å². The second kappa shape index (κ2) is 3.13. The van der Waals surface area contributed by atoms with Gasteiger partial charge in [-0.1, -0.05) is 20.3 Å². The molecule has 60 valence electrons. The molecular weight excluding hydrogens is 144 g/mol. The molecule has 0 spiro atoms. The lowest BCUT2D eigenvalue weighted by atomic mass is 9.66. The second-order valence-electron chi connectivity index (χ2n) is 3.77. The highest BCUT2D eigenvalue weighted by atomic mass is 35.5. The van der Waals surface area contributed by atoms with Crippen molar-refractivity contribution in [1.29, 1.82) is 0 Å². The maximum atomic E-state index is 5.92. The van der Waals surface area contributed by atoms with Gasteiger partial charge in [0, 0.05) is 5.88 Å². The van der Waals surface area contributed by atoms with Crippen LogP contribution in [0, 0.1) is 11.3 Å². The number of halogens is 1. The lowest BCUT2D eigenvalue weighted by molar-refractivity contribution is 0.120.